The molecule has 0 radical (unpaired) electrons. The highest BCUT2D eigenvalue weighted by molar-refractivity contribution is 6.32. The number of aromatic nitrogens is 2. The number of rotatable bonds is 2. The van der Waals surface area contributed by atoms with Gasteiger partial charge in [0.15, 0.2) is 0 Å². The van der Waals surface area contributed by atoms with Crippen LogP contribution in [0.2, 0.25) is 5.02 Å². The molecule has 1 amide bonds. The number of imidazole rings is 1. The quantitative estimate of drug-likeness (QED) is 0.431. The zero-order valence-corrected chi connectivity index (χ0v) is 11.1. The van der Waals surface area contributed by atoms with E-state index in [4.69, 9.17) is 17.4 Å². The van der Waals surface area contributed by atoms with Gasteiger partial charge < -0.3 is 0 Å². The Bertz CT molecular complexity index is 797. The fourth-order valence-corrected chi connectivity index (χ4v) is 2.30. The molecule has 20 heavy (non-hydrogen) atoms. The zero-order chi connectivity index (χ0) is 14.1. The van der Waals surface area contributed by atoms with E-state index in [2.05, 4.69) is 10.4 Å². The monoisotopic (exact) mass is 286 g/mol. The molecule has 3 aromatic rings. The number of nitrogens with zero attached hydrogens (tertiary/aromatic N) is 2. The van der Waals surface area contributed by atoms with Gasteiger partial charge in [-0.1, -0.05) is 23.7 Å². The third kappa shape index (κ3) is 2.03. The molecule has 100 valence electrons. The first kappa shape index (κ1) is 12.7. The summed E-state index contributed by atoms with van der Waals surface area (Å²) in [5.41, 5.74) is 4.96. The predicted octanol–water partition coefficient (Wildman–Crippen LogP) is 2.28. The van der Waals surface area contributed by atoms with Gasteiger partial charge in [-0.2, -0.15) is 0 Å². The summed E-state index contributed by atoms with van der Waals surface area (Å²) in [5.74, 6) is 4.81. The van der Waals surface area contributed by atoms with Gasteiger partial charge in [-0.05, 0) is 30.3 Å². The van der Waals surface area contributed by atoms with Crippen LogP contribution < -0.4 is 11.3 Å². The smallest absolute Gasteiger partial charge is 0.265 e. The molecular formula is C14H11ClN4O. The van der Waals surface area contributed by atoms with Gasteiger partial charge in [0.25, 0.3) is 5.91 Å². The van der Waals surface area contributed by atoms with Gasteiger partial charge >= 0.3 is 0 Å². The number of hydrogen-bond acceptors (Lipinski definition) is 3. The number of halogens is 1. The number of carbonyl (C=O) groups is 1. The minimum Gasteiger partial charge on any atom is -0.297 e. The van der Waals surface area contributed by atoms with Crippen LogP contribution in [-0.4, -0.2) is 15.5 Å². The fraction of sp³-hybridized carbons (Fsp3) is 0. The maximum Gasteiger partial charge on any atom is 0.265 e. The third-order valence-corrected chi connectivity index (χ3v) is 3.37. The van der Waals surface area contributed by atoms with Gasteiger partial charge in [-0.15, -0.1) is 0 Å². The highest BCUT2D eigenvalue weighted by Crippen LogP contribution is 2.24. The molecule has 0 saturated heterocycles. The van der Waals surface area contributed by atoms with Crippen molar-refractivity contribution in [1.29, 1.82) is 0 Å². The molecule has 1 aromatic heterocycles. The van der Waals surface area contributed by atoms with Crippen molar-refractivity contribution in [1.82, 2.24) is 15.0 Å². The molecule has 3 N–H and O–H groups in total. The Hall–Kier alpha value is -2.37. The Kier molecular flexibility index (Phi) is 3.14. The summed E-state index contributed by atoms with van der Waals surface area (Å²) in [7, 11) is 0. The summed E-state index contributed by atoms with van der Waals surface area (Å²) in [5, 5.41) is 0.612. The number of amides is 1. The van der Waals surface area contributed by atoms with E-state index >= 15 is 0 Å². The standard InChI is InChI=1S/C14H11ClN4O/c15-10-3-1-2-4-12(10)19-8-17-11-6-5-9(7-13(11)19)14(20)18-16/h1-8H,16H2,(H,18,20). The summed E-state index contributed by atoms with van der Waals surface area (Å²) in [6, 6.07) is 12.6. The fourth-order valence-electron chi connectivity index (χ4n) is 2.07. The van der Waals surface area contributed by atoms with Crippen LogP contribution in [-0.2, 0) is 0 Å². The van der Waals surface area contributed by atoms with E-state index in [0.29, 0.717) is 10.6 Å². The normalized spacial score (nSPS) is 10.7. The van der Waals surface area contributed by atoms with Crippen molar-refractivity contribution in [3.05, 3.63) is 59.4 Å². The maximum atomic E-state index is 11.6. The summed E-state index contributed by atoms with van der Waals surface area (Å²) in [6.07, 6.45) is 1.68. The molecule has 0 atom stereocenters. The molecule has 0 aliphatic heterocycles. The number of para-hydroxylation sites is 1. The van der Waals surface area contributed by atoms with Crippen LogP contribution in [0.4, 0.5) is 0 Å². The number of nitrogens with one attached hydrogen (secondary N) is 1. The van der Waals surface area contributed by atoms with E-state index in [-0.39, 0.29) is 5.91 Å². The lowest BCUT2D eigenvalue weighted by molar-refractivity contribution is 0.0954. The topological polar surface area (TPSA) is 72.9 Å². The van der Waals surface area contributed by atoms with Crippen LogP contribution in [0, 0.1) is 0 Å². The molecule has 1 heterocycles. The Morgan fingerprint density at radius 2 is 2.05 bits per heavy atom. The van der Waals surface area contributed by atoms with Crippen molar-refractivity contribution in [2.24, 2.45) is 5.84 Å². The molecule has 0 spiro atoms. The largest absolute Gasteiger partial charge is 0.297 e. The number of nitrogen functional groups attached to an aromatic ring is 1. The molecule has 5 nitrogen and oxygen atoms in total. The summed E-state index contributed by atoms with van der Waals surface area (Å²) < 4.78 is 1.84. The number of hydrogen-bond donors (Lipinski definition) is 2. The summed E-state index contributed by atoms with van der Waals surface area (Å²) in [6.45, 7) is 0. The van der Waals surface area contributed by atoms with E-state index in [1.54, 1.807) is 30.6 Å². The lowest BCUT2D eigenvalue weighted by atomic mass is 10.2. The number of hydrazine groups is 1. The van der Waals surface area contributed by atoms with Crippen LogP contribution in [0.15, 0.2) is 48.8 Å². The SMILES string of the molecule is NNC(=O)c1ccc2ncn(-c3ccccc3Cl)c2c1. The maximum absolute atomic E-state index is 11.6. The van der Waals surface area contributed by atoms with Crippen molar-refractivity contribution in [2.75, 3.05) is 0 Å². The Labute approximate surface area is 119 Å². The van der Waals surface area contributed by atoms with Gasteiger partial charge in [-0.3, -0.25) is 14.8 Å². The van der Waals surface area contributed by atoms with Crippen LogP contribution in [0.25, 0.3) is 16.7 Å². The molecule has 3 rings (SSSR count). The van der Waals surface area contributed by atoms with Crippen LogP contribution >= 0.6 is 11.6 Å². The Morgan fingerprint density at radius 3 is 2.80 bits per heavy atom. The molecule has 0 bridgehead atoms. The lowest BCUT2D eigenvalue weighted by Crippen LogP contribution is -2.29. The van der Waals surface area contributed by atoms with Gasteiger partial charge in [0, 0.05) is 5.56 Å². The lowest BCUT2D eigenvalue weighted by Gasteiger charge is -2.07. The third-order valence-electron chi connectivity index (χ3n) is 3.05. The predicted molar refractivity (Wildman–Crippen MR) is 77.7 cm³/mol. The van der Waals surface area contributed by atoms with Crippen molar-refractivity contribution >= 4 is 28.5 Å². The number of carbonyl (C=O) groups excluding carboxylic acids is 1. The van der Waals surface area contributed by atoms with E-state index in [9.17, 15) is 4.79 Å². The minimum absolute atomic E-state index is 0.348. The van der Waals surface area contributed by atoms with Crippen molar-refractivity contribution in [2.45, 2.75) is 0 Å². The average molecular weight is 287 g/mol. The van der Waals surface area contributed by atoms with E-state index < -0.39 is 0 Å². The second kappa shape index (κ2) is 4.96. The van der Waals surface area contributed by atoms with E-state index in [1.807, 2.05) is 22.8 Å². The molecule has 0 unspecified atom stereocenters. The van der Waals surface area contributed by atoms with Crippen LogP contribution in [0.3, 0.4) is 0 Å². The van der Waals surface area contributed by atoms with Gasteiger partial charge in [-0.25, -0.2) is 10.8 Å². The van der Waals surface area contributed by atoms with Gasteiger partial charge in [0.2, 0.25) is 0 Å². The molecule has 2 aromatic carbocycles. The summed E-state index contributed by atoms with van der Waals surface area (Å²) >= 11 is 6.20. The van der Waals surface area contributed by atoms with E-state index in [1.165, 1.54) is 0 Å². The Balaban J connectivity index is 2.22. The minimum atomic E-state index is -0.348. The molecule has 0 fully saturated rings. The molecule has 0 aliphatic carbocycles. The number of benzene rings is 2. The first-order valence-electron chi connectivity index (χ1n) is 5.93. The first-order chi connectivity index (χ1) is 9.70. The van der Waals surface area contributed by atoms with Crippen molar-refractivity contribution in [3.8, 4) is 5.69 Å². The Morgan fingerprint density at radius 1 is 1.25 bits per heavy atom. The second-order valence-electron chi connectivity index (χ2n) is 4.24. The zero-order valence-electron chi connectivity index (χ0n) is 10.4. The van der Waals surface area contributed by atoms with Crippen LogP contribution in [0.5, 0.6) is 0 Å². The highest BCUT2D eigenvalue weighted by Gasteiger charge is 2.10. The summed E-state index contributed by atoms with van der Waals surface area (Å²) in [4.78, 5) is 15.9. The van der Waals surface area contributed by atoms with Crippen LogP contribution in [0.1, 0.15) is 10.4 Å². The molecule has 0 saturated carbocycles. The van der Waals surface area contributed by atoms with Gasteiger partial charge in [0.1, 0.15) is 6.33 Å². The first-order valence-corrected chi connectivity index (χ1v) is 6.31. The highest BCUT2D eigenvalue weighted by atomic mass is 35.5. The average Bonchev–Trinajstić information content (AvgIpc) is 2.90. The van der Waals surface area contributed by atoms with Gasteiger partial charge in [0.05, 0.1) is 21.7 Å². The molecule has 0 aliphatic rings. The second-order valence-corrected chi connectivity index (χ2v) is 4.65. The van der Waals surface area contributed by atoms with Crippen molar-refractivity contribution < 1.29 is 4.79 Å². The number of fused-ring (bicyclic) bond motifs is 1. The number of nitrogens with two attached hydrogens (primary N) is 1. The van der Waals surface area contributed by atoms with Crippen molar-refractivity contribution in [3.63, 3.8) is 0 Å². The molecule has 6 heteroatoms. The molecular weight excluding hydrogens is 276 g/mol. The van der Waals surface area contributed by atoms with E-state index in [0.717, 1.165) is 16.7 Å².